The lowest BCUT2D eigenvalue weighted by Gasteiger charge is -2.30. The van der Waals surface area contributed by atoms with Crippen molar-refractivity contribution in [3.8, 4) is 0 Å². The summed E-state index contributed by atoms with van der Waals surface area (Å²) in [4.78, 5) is 22.4. The minimum atomic E-state index is -0.523. The van der Waals surface area contributed by atoms with E-state index in [1.807, 2.05) is 37.3 Å². The number of rotatable bonds is 2. The Morgan fingerprint density at radius 3 is 2.50 bits per heavy atom. The van der Waals surface area contributed by atoms with E-state index in [1.54, 1.807) is 0 Å². The first-order valence-corrected chi connectivity index (χ1v) is 7.12. The number of carbonyl (C=O) groups is 2. The molecule has 5 nitrogen and oxygen atoms in total. The number of nitrogens with zero attached hydrogens (tertiary/aromatic N) is 2. The number of carbonyl (C=O) groups excluding carboxylic acids is 2. The van der Waals surface area contributed by atoms with Crippen molar-refractivity contribution in [2.24, 2.45) is 5.10 Å². The average molecular weight is 291 g/mol. The van der Waals surface area contributed by atoms with Crippen LogP contribution in [-0.4, -0.2) is 26.9 Å². The van der Waals surface area contributed by atoms with E-state index in [0.717, 1.165) is 5.56 Å². The van der Waals surface area contributed by atoms with Crippen molar-refractivity contribution in [2.45, 2.75) is 32.1 Å². The molecule has 0 saturated carbocycles. The Morgan fingerprint density at radius 2 is 1.95 bits per heavy atom. The fourth-order valence-electron chi connectivity index (χ4n) is 2.16. The van der Waals surface area contributed by atoms with E-state index in [0.29, 0.717) is 11.6 Å². The van der Waals surface area contributed by atoms with E-state index in [4.69, 9.17) is 0 Å². The highest BCUT2D eigenvalue weighted by atomic mass is 32.2. The number of hydrogen-bond acceptors (Lipinski definition) is 4. The molecule has 0 saturated heterocycles. The van der Waals surface area contributed by atoms with Crippen LogP contribution in [0.5, 0.6) is 0 Å². The maximum absolute atomic E-state index is 11.8. The van der Waals surface area contributed by atoms with Crippen molar-refractivity contribution in [1.82, 2.24) is 10.3 Å². The van der Waals surface area contributed by atoms with Crippen LogP contribution in [0.25, 0.3) is 0 Å². The Balaban J connectivity index is 2.21. The molecule has 2 rings (SSSR count). The van der Waals surface area contributed by atoms with Crippen molar-refractivity contribution in [1.29, 1.82) is 0 Å². The molecule has 20 heavy (non-hydrogen) atoms. The second-order valence-corrected chi connectivity index (χ2v) is 6.33. The van der Waals surface area contributed by atoms with Crippen LogP contribution in [-0.2, 0) is 16.0 Å². The molecule has 0 bridgehead atoms. The van der Waals surface area contributed by atoms with Crippen LogP contribution in [0.2, 0.25) is 0 Å². The van der Waals surface area contributed by atoms with Crippen molar-refractivity contribution in [3.63, 3.8) is 0 Å². The molecule has 1 atom stereocenters. The van der Waals surface area contributed by atoms with Gasteiger partial charge in [0, 0.05) is 20.3 Å². The van der Waals surface area contributed by atoms with E-state index in [9.17, 15) is 9.59 Å². The van der Waals surface area contributed by atoms with Crippen molar-refractivity contribution >= 4 is 28.7 Å². The van der Waals surface area contributed by atoms with Gasteiger partial charge in [0.25, 0.3) is 0 Å². The predicted octanol–water partition coefficient (Wildman–Crippen LogP) is 1.95. The third-order valence-electron chi connectivity index (χ3n) is 2.91. The molecular formula is C14H17N3O2S. The summed E-state index contributed by atoms with van der Waals surface area (Å²) in [6.07, 6.45) is 0.657. The summed E-state index contributed by atoms with van der Waals surface area (Å²) in [5.41, 5.74) is 1.12. The largest absolute Gasteiger partial charge is 0.304 e. The summed E-state index contributed by atoms with van der Waals surface area (Å²) in [6, 6.07) is 9.91. The molecule has 0 fully saturated rings. The van der Waals surface area contributed by atoms with Gasteiger partial charge in [0.2, 0.25) is 11.8 Å². The molecule has 0 aliphatic carbocycles. The molecule has 1 heterocycles. The molecule has 0 radical (unpaired) electrons. The van der Waals surface area contributed by atoms with Gasteiger partial charge in [-0.05, 0) is 12.5 Å². The molecule has 0 spiro atoms. The summed E-state index contributed by atoms with van der Waals surface area (Å²) >= 11 is 1.40. The molecule has 1 aromatic rings. The Hall–Kier alpha value is -1.82. The predicted molar refractivity (Wildman–Crippen MR) is 79.9 cm³/mol. The number of benzene rings is 1. The first-order valence-electron chi connectivity index (χ1n) is 6.31. The molecule has 6 heteroatoms. The first-order chi connectivity index (χ1) is 9.40. The van der Waals surface area contributed by atoms with Gasteiger partial charge in [-0.2, -0.15) is 0 Å². The average Bonchev–Trinajstić information content (AvgIpc) is 2.66. The zero-order valence-electron chi connectivity index (χ0n) is 11.7. The molecule has 106 valence electrons. The lowest BCUT2D eigenvalue weighted by Crippen LogP contribution is -2.41. The topological polar surface area (TPSA) is 61.8 Å². The standard InChI is InChI=1S/C14H17N3O2S/c1-10(18)15-13-16-17(11(2)19)14(3,20-13)9-12-7-5-4-6-8-12/h4-8H,9H2,1-3H3,(H,15,16,18). The van der Waals surface area contributed by atoms with Gasteiger partial charge in [0.15, 0.2) is 5.17 Å². The lowest BCUT2D eigenvalue weighted by atomic mass is 10.1. The molecule has 1 unspecified atom stereocenters. The fourth-order valence-corrected chi connectivity index (χ4v) is 3.39. The van der Waals surface area contributed by atoms with Crippen LogP contribution in [0.15, 0.2) is 35.4 Å². The molecule has 1 aromatic carbocycles. The third kappa shape index (κ3) is 3.19. The van der Waals surface area contributed by atoms with Gasteiger partial charge in [-0.25, -0.2) is 5.01 Å². The van der Waals surface area contributed by atoms with Gasteiger partial charge in [-0.15, -0.1) is 5.10 Å². The number of amides is 2. The SMILES string of the molecule is CC(=O)NC1=NN(C(C)=O)C(C)(Cc2ccccc2)S1. The normalized spacial score (nSPS) is 21.6. The van der Waals surface area contributed by atoms with Gasteiger partial charge in [0.05, 0.1) is 0 Å². The second-order valence-electron chi connectivity index (χ2n) is 4.86. The molecule has 2 amide bonds. The zero-order valence-corrected chi connectivity index (χ0v) is 12.5. The molecule has 1 aliphatic rings. The minimum Gasteiger partial charge on any atom is -0.304 e. The van der Waals surface area contributed by atoms with Crippen LogP contribution >= 0.6 is 11.8 Å². The molecule has 1 N–H and O–H groups in total. The molecular weight excluding hydrogens is 274 g/mol. The van der Waals surface area contributed by atoms with Gasteiger partial charge >= 0.3 is 0 Å². The number of hydrazone groups is 1. The molecule has 1 aliphatic heterocycles. The van der Waals surface area contributed by atoms with Crippen molar-refractivity contribution in [2.75, 3.05) is 0 Å². The summed E-state index contributed by atoms with van der Waals surface area (Å²) in [5, 5.41) is 8.76. The number of thioether (sulfide) groups is 1. The Morgan fingerprint density at radius 1 is 1.30 bits per heavy atom. The maximum Gasteiger partial charge on any atom is 0.240 e. The highest BCUT2D eigenvalue weighted by Gasteiger charge is 2.42. The van der Waals surface area contributed by atoms with Crippen LogP contribution in [0.3, 0.4) is 0 Å². The van der Waals surface area contributed by atoms with E-state index in [-0.39, 0.29) is 11.8 Å². The molecule has 0 aromatic heterocycles. The van der Waals surface area contributed by atoms with Gasteiger partial charge < -0.3 is 5.32 Å². The summed E-state index contributed by atoms with van der Waals surface area (Å²) in [5.74, 6) is -0.333. The van der Waals surface area contributed by atoms with Crippen LogP contribution in [0.1, 0.15) is 26.3 Å². The highest BCUT2D eigenvalue weighted by molar-refractivity contribution is 8.15. The lowest BCUT2D eigenvalue weighted by molar-refractivity contribution is -0.131. The van der Waals surface area contributed by atoms with Crippen LogP contribution in [0.4, 0.5) is 0 Å². The Labute approximate surface area is 122 Å². The maximum atomic E-state index is 11.8. The van der Waals surface area contributed by atoms with E-state index in [2.05, 4.69) is 10.4 Å². The van der Waals surface area contributed by atoms with Gasteiger partial charge in [-0.1, -0.05) is 42.1 Å². The number of hydrogen-bond donors (Lipinski definition) is 1. The number of nitrogens with one attached hydrogen (secondary N) is 1. The van der Waals surface area contributed by atoms with E-state index in [1.165, 1.54) is 30.6 Å². The summed E-state index contributed by atoms with van der Waals surface area (Å²) in [6.45, 7) is 4.85. The van der Waals surface area contributed by atoms with Crippen LogP contribution < -0.4 is 5.32 Å². The van der Waals surface area contributed by atoms with Crippen LogP contribution in [0, 0.1) is 0 Å². The van der Waals surface area contributed by atoms with Gasteiger partial charge in [-0.3, -0.25) is 9.59 Å². The Kier molecular flexibility index (Phi) is 4.13. The smallest absolute Gasteiger partial charge is 0.240 e. The Bertz CT molecular complexity index is 559. The summed E-state index contributed by atoms with van der Waals surface area (Å²) < 4.78 is 0. The van der Waals surface area contributed by atoms with E-state index < -0.39 is 4.87 Å². The summed E-state index contributed by atoms with van der Waals surface area (Å²) in [7, 11) is 0. The second kappa shape index (κ2) is 5.66. The third-order valence-corrected chi connectivity index (χ3v) is 4.05. The van der Waals surface area contributed by atoms with E-state index >= 15 is 0 Å². The monoisotopic (exact) mass is 291 g/mol. The zero-order chi connectivity index (χ0) is 14.8. The number of amidine groups is 1. The quantitative estimate of drug-likeness (QED) is 0.906. The first kappa shape index (κ1) is 14.6. The fraction of sp³-hybridized carbons (Fsp3) is 0.357. The van der Waals surface area contributed by atoms with Crippen molar-refractivity contribution in [3.05, 3.63) is 35.9 Å². The van der Waals surface area contributed by atoms with Gasteiger partial charge in [0.1, 0.15) is 4.87 Å². The highest BCUT2D eigenvalue weighted by Crippen LogP contribution is 2.39. The van der Waals surface area contributed by atoms with Crippen molar-refractivity contribution < 1.29 is 9.59 Å². The minimum absolute atomic E-state index is 0.142.